The third kappa shape index (κ3) is 2.45. The number of rotatable bonds is 3. The summed E-state index contributed by atoms with van der Waals surface area (Å²) in [5.74, 6) is 0.730. The van der Waals surface area contributed by atoms with Crippen molar-refractivity contribution in [2.45, 2.75) is 24.6 Å². The molecule has 0 bridgehead atoms. The van der Waals surface area contributed by atoms with E-state index in [1.54, 1.807) is 16.3 Å². The van der Waals surface area contributed by atoms with Gasteiger partial charge < -0.3 is 5.11 Å². The quantitative estimate of drug-likeness (QED) is 0.795. The highest BCUT2D eigenvalue weighted by atomic mass is 32.2. The van der Waals surface area contributed by atoms with Crippen LogP contribution >= 0.6 is 11.8 Å². The van der Waals surface area contributed by atoms with E-state index >= 15 is 0 Å². The highest BCUT2D eigenvalue weighted by Gasteiger charge is 2.32. The summed E-state index contributed by atoms with van der Waals surface area (Å²) in [4.78, 5) is 12.9. The summed E-state index contributed by atoms with van der Waals surface area (Å²) < 4.78 is 3.19. The van der Waals surface area contributed by atoms with Crippen LogP contribution in [0.25, 0.3) is 0 Å². The van der Waals surface area contributed by atoms with Crippen LogP contribution in [0.4, 0.5) is 0 Å². The molecule has 0 saturated heterocycles. The molecular formula is C19H18N2O2S. The minimum atomic E-state index is -0.151. The van der Waals surface area contributed by atoms with Gasteiger partial charge in [0, 0.05) is 5.75 Å². The van der Waals surface area contributed by atoms with Gasteiger partial charge in [-0.1, -0.05) is 60.2 Å². The summed E-state index contributed by atoms with van der Waals surface area (Å²) in [5.41, 5.74) is 3.82. The van der Waals surface area contributed by atoms with Gasteiger partial charge in [0.1, 0.15) is 5.37 Å². The predicted molar refractivity (Wildman–Crippen MR) is 96.5 cm³/mol. The molecule has 0 saturated carbocycles. The van der Waals surface area contributed by atoms with E-state index in [0.717, 1.165) is 11.1 Å². The summed E-state index contributed by atoms with van der Waals surface area (Å²) in [6, 6.07) is 18.0. The van der Waals surface area contributed by atoms with Crippen LogP contribution in [0.2, 0.25) is 0 Å². The van der Waals surface area contributed by atoms with E-state index in [1.807, 2.05) is 61.5 Å². The predicted octanol–water partition coefficient (Wildman–Crippen LogP) is 3.51. The molecule has 1 aromatic heterocycles. The van der Waals surface area contributed by atoms with Crippen molar-refractivity contribution in [3.05, 3.63) is 87.5 Å². The molecule has 0 radical (unpaired) electrons. The van der Waals surface area contributed by atoms with Crippen molar-refractivity contribution in [2.24, 2.45) is 0 Å². The van der Waals surface area contributed by atoms with Gasteiger partial charge in [-0.3, -0.25) is 9.13 Å². The van der Waals surface area contributed by atoms with Gasteiger partial charge in [-0.05, 0) is 18.1 Å². The second-order valence-electron chi connectivity index (χ2n) is 6.07. The number of aryl methyl sites for hydroxylation is 1. The number of nitrogens with zero attached hydrogens (tertiary/aromatic N) is 2. The third-order valence-electron chi connectivity index (χ3n) is 4.40. The molecule has 5 heteroatoms. The Balaban J connectivity index is 1.74. The Morgan fingerprint density at radius 1 is 1.12 bits per heavy atom. The highest BCUT2D eigenvalue weighted by molar-refractivity contribution is 7.99. The lowest BCUT2D eigenvalue weighted by molar-refractivity contribution is 0.418. The Morgan fingerprint density at radius 3 is 2.54 bits per heavy atom. The van der Waals surface area contributed by atoms with E-state index in [9.17, 15) is 9.90 Å². The normalized spacial score (nSPS) is 16.3. The van der Waals surface area contributed by atoms with Gasteiger partial charge in [-0.25, -0.2) is 4.79 Å². The molecule has 2 heterocycles. The van der Waals surface area contributed by atoms with E-state index in [2.05, 4.69) is 0 Å². The van der Waals surface area contributed by atoms with E-state index in [1.165, 1.54) is 10.1 Å². The monoisotopic (exact) mass is 338 g/mol. The fourth-order valence-electron chi connectivity index (χ4n) is 3.09. The lowest BCUT2D eigenvalue weighted by Gasteiger charge is -2.11. The minimum Gasteiger partial charge on any atom is -0.493 e. The van der Waals surface area contributed by atoms with Gasteiger partial charge >= 0.3 is 5.69 Å². The van der Waals surface area contributed by atoms with Crippen molar-refractivity contribution in [3.8, 4) is 5.88 Å². The summed E-state index contributed by atoms with van der Waals surface area (Å²) in [5, 5.41) is 10.5. The highest BCUT2D eigenvalue weighted by Crippen LogP contribution is 2.42. The van der Waals surface area contributed by atoms with Gasteiger partial charge in [0.25, 0.3) is 0 Å². The molecule has 122 valence electrons. The summed E-state index contributed by atoms with van der Waals surface area (Å²) >= 11 is 1.67. The molecule has 4 nitrogen and oxygen atoms in total. The number of hydrogen-bond acceptors (Lipinski definition) is 3. The Kier molecular flexibility index (Phi) is 3.73. The Hall–Kier alpha value is -2.40. The average Bonchev–Trinajstić information content (AvgIpc) is 3.14. The minimum absolute atomic E-state index is 0.0705. The van der Waals surface area contributed by atoms with Crippen molar-refractivity contribution in [3.63, 3.8) is 0 Å². The van der Waals surface area contributed by atoms with Gasteiger partial charge in [0.2, 0.25) is 5.88 Å². The van der Waals surface area contributed by atoms with Crippen molar-refractivity contribution < 1.29 is 5.11 Å². The number of imidazole rings is 1. The Morgan fingerprint density at radius 2 is 1.83 bits per heavy atom. The van der Waals surface area contributed by atoms with E-state index in [4.69, 9.17) is 0 Å². The molecule has 1 atom stereocenters. The first-order valence-electron chi connectivity index (χ1n) is 7.90. The van der Waals surface area contributed by atoms with Crippen molar-refractivity contribution in [1.29, 1.82) is 0 Å². The molecule has 4 rings (SSSR count). The maximum atomic E-state index is 12.9. The number of thioether (sulfide) groups is 1. The van der Waals surface area contributed by atoms with Crippen molar-refractivity contribution in [1.82, 2.24) is 9.13 Å². The van der Waals surface area contributed by atoms with Crippen LogP contribution in [0.1, 0.15) is 27.8 Å². The fourth-order valence-corrected chi connectivity index (χ4v) is 4.39. The van der Waals surface area contributed by atoms with Crippen LogP contribution in [-0.4, -0.2) is 14.2 Å². The standard InChI is InChI=1S/C19H18N2O2S/c1-13-7-9-14(10-8-13)11-20-17(22)16-12-24-18(21(16)19(20)23)15-5-3-2-4-6-15/h2-10,18,22H,11-12H2,1H3. The third-order valence-corrected chi connectivity index (χ3v) is 5.64. The van der Waals surface area contributed by atoms with Crippen molar-refractivity contribution in [2.75, 3.05) is 0 Å². The lowest BCUT2D eigenvalue weighted by atomic mass is 10.1. The SMILES string of the molecule is Cc1ccc(Cn2c(O)c3n(c2=O)C(c2ccccc2)SC3)cc1. The summed E-state index contributed by atoms with van der Waals surface area (Å²) in [6.07, 6.45) is 0. The van der Waals surface area contributed by atoms with E-state index < -0.39 is 0 Å². The molecule has 0 spiro atoms. The zero-order valence-electron chi connectivity index (χ0n) is 13.3. The average molecular weight is 338 g/mol. The smallest absolute Gasteiger partial charge is 0.332 e. The Bertz CT molecular complexity index is 926. The molecule has 3 aromatic rings. The van der Waals surface area contributed by atoms with Crippen LogP contribution in [0.15, 0.2) is 59.4 Å². The zero-order valence-corrected chi connectivity index (χ0v) is 14.2. The lowest BCUT2D eigenvalue weighted by Crippen LogP contribution is -2.26. The first-order valence-corrected chi connectivity index (χ1v) is 8.95. The zero-order chi connectivity index (χ0) is 16.7. The number of fused-ring (bicyclic) bond motifs is 1. The number of aromatic hydroxyl groups is 1. The Labute approximate surface area is 144 Å². The molecular weight excluding hydrogens is 320 g/mol. The van der Waals surface area contributed by atoms with Crippen LogP contribution in [-0.2, 0) is 12.3 Å². The molecule has 0 fully saturated rings. The van der Waals surface area contributed by atoms with Gasteiger partial charge in [0.15, 0.2) is 0 Å². The first kappa shape index (κ1) is 15.1. The molecule has 1 aliphatic rings. The van der Waals surface area contributed by atoms with Crippen LogP contribution in [0.3, 0.4) is 0 Å². The molecule has 2 aromatic carbocycles. The summed E-state index contributed by atoms with van der Waals surface area (Å²) in [6.45, 7) is 2.42. The van der Waals surface area contributed by atoms with Gasteiger partial charge in [-0.15, -0.1) is 11.8 Å². The van der Waals surface area contributed by atoms with Crippen LogP contribution in [0.5, 0.6) is 5.88 Å². The van der Waals surface area contributed by atoms with E-state index in [0.29, 0.717) is 18.0 Å². The molecule has 1 N–H and O–H groups in total. The second-order valence-corrected chi connectivity index (χ2v) is 7.14. The number of hydrogen-bond donors (Lipinski definition) is 1. The maximum Gasteiger partial charge on any atom is 0.332 e. The molecule has 0 aliphatic carbocycles. The number of aromatic nitrogens is 2. The van der Waals surface area contributed by atoms with Gasteiger partial charge in [0.05, 0.1) is 12.2 Å². The molecule has 0 amide bonds. The van der Waals surface area contributed by atoms with Crippen LogP contribution < -0.4 is 5.69 Å². The van der Waals surface area contributed by atoms with Gasteiger partial charge in [-0.2, -0.15) is 0 Å². The first-order chi connectivity index (χ1) is 11.6. The van der Waals surface area contributed by atoms with E-state index in [-0.39, 0.29) is 16.9 Å². The fraction of sp³-hybridized carbons (Fsp3) is 0.211. The number of benzene rings is 2. The molecule has 1 aliphatic heterocycles. The molecule has 1 unspecified atom stereocenters. The van der Waals surface area contributed by atoms with Crippen LogP contribution in [0, 0.1) is 6.92 Å². The summed E-state index contributed by atoms with van der Waals surface area (Å²) in [7, 11) is 0. The van der Waals surface area contributed by atoms with Crippen molar-refractivity contribution >= 4 is 11.8 Å². The maximum absolute atomic E-state index is 12.9. The largest absolute Gasteiger partial charge is 0.493 e. The molecule has 24 heavy (non-hydrogen) atoms. The topological polar surface area (TPSA) is 47.2 Å². The second kappa shape index (κ2) is 5.91.